The third-order valence-electron chi connectivity index (χ3n) is 5.31. The Labute approximate surface area is 156 Å². The zero-order chi connectivity index (χ0) is 19.0. The molecule has 0 bridgehead atoms. The van der Waals surface area contributed by atoms with Gasteiger partial charge in [0.15, 0.2) is 0 Å². The topological polar surface area (TPSA) is 63.4 Å². The molecule has 0 atom stereocenters. The van der Waals surface area contributed by atoms with Gasteiger partial charge >= 0.3 is 0 Å². The molecule has 0 saturated heterocycles. The number of H-pyrrole nitrogens is 1. The quantitative estimate of drug-likeness (QED) is 0.696. The molecule has 2 aromatic carbocycles. The minimum Gasteiger partial charge on any atom is -0.496 e. The van der Waals surface area contributed by atoms with Crippen LogP contribution >= 0.6 is 0 Å². The van der Waals surface area contributed by atoms with Crippen molar-refractivity contribution in [3.63, 3.8) is 0 Å². The van der Waals surface area contributed by atoms with E-state index in [0.29, 0.717) is 23.6 Å². The second kappa shape index (κ2) is 6.61. The Bertz CT molecular complexity index is 986. The SMILES string of the molecule is COc1cccc(OC)c1C(=O)NCC1(c2c[nH]c3cc(F)ccc23)CC1. The monoisotopic (exact) mass is 368 g/mol. The number of amides is 1. The molecule has 1 aromatic heterocycles. The lowest BCUT2D eigenvalue weighted by Crippen LogP contribution is -2.32. The molecule has 4 rings (SSSR count). The molecule has 1 saturated carbocycles. The number of fused-ring (bicyclic) bond motifs is 1. The van der Waals surface area contributed by atoms with Gasteiger partial charge in [0.05, 0.1) is 14.2 Å². The maximum Gasteiger partial charge on any atom is 0.258 e. The first-order valence-electron chi connectivity index (χ1n) is 8.84. The van der Waals surface area contributed by atoms with Crippen LogP contribution in [0.5, 0.6) is 11.5 Å². The molecule has 1 amide bonds. The van der Waals surface area contributed by atoms with Crippen LogP contribution in [0.4, 0.5) is 4.39 Å². The van der Waals surface area contributed by atoms with Gasteiger partial charge in [-0.1, -0.05) is 6.07 Å². The summed E-state index contributed by atoms with van der Waals surface area (Å²) in [5, 5.41) is 4.03. The summed E-state index contributed by atoms with van der Waals surface area (Å²) in [7, 11) is 3.05. The minimum atomic E-state index is -0.266. The smallest absolute Gasteiger partial charge is 0.258 e. The highest BCUT2D eigenvalue weighted by atomic mass is 19.1. The van der Waals surface area contributed by atoms with Crippen molar-refractivity contribution in [2.75, 3.05) is 20.8 Å². The molecular formula is C21H21FN2O3. The molecule has 0 spiro atoms. The van der Waals surface area contributed by atoms with Crippen molar-refractivity contribution in [1.29, 1.82) is 0 Å². The lowest BCUT2D eigenvalue weighted by atomic mass is 9.95. The van der Waals surface area contributed by atoms with Crippen molar-refractivity contribution in [3.8, 4) is 11.5 Å². The van der Waals surface area contributed by atoms with Gasteiger partial charge < -0.3 is 19.8 Å². The summed E-state index contributed by atoms with van der Waals surface area (Å²) in [6, 6.07) is 10.0. The zero-order valence-corrected chi connectivity index (χ0v) is 15.3. The van der Waals surface area contributed by atoms with Crippen LogP contribution in [-0.4, -0.2) is 31.7 Å². The molecule has 140 valence electrons. The lowest BCUT2D eigenvalue weighted by Gasteiger charge is -2.18. The zero-order valence-electron chi connectivity index (χ0n) is 15.3. The Morgan fingerprint density at radius 3 is 2.52 bits per heavy atom. The lowest BCUT2D eigenvalue weighted by molar-refractivity contribution is 0.0943. The molecule has 27 heavy (non-hydrogen) atoms. The summed E-state index contributed by atoms with van der Waals surface area (Å²) in [5.74, 6) is 0.442. The van der Waals surface area contributed by atoms with Crippen LogP contribution in [0.1, 0.15) is 28.8 Å². The number of benzene rings is 2. The molecule has 1 fully saturated rings. The van der Waals surface area contributed by atoms with Gasteiger partial charge in [0.25, 0.3) is 5.91 Å². The average Bonchev–Trinajstić information content (AvgIpc) is 3.36. The van der Waals surface area contributed by atoms with Gasteiger partial charge in [0.2, 0.25) is 0 Å². The summed E-state index contributed by atoms with van der Waals surface area (Å²) in [4.78, 5) is 16.0. The van der Waals surface area contributed by atoms with Gasteiger partial charge in [-0.2, -0.15) is 0 Å². The number of hydrogen-bond donors (Lipinski definition) is 2. The highest BCUT2D eigenvalue weighted by molar-refractivity contribution is 6.00. The third kappa shape index (κ3) is 3.01. The molecule has 1 aliphatic carbocycles. The van der Waals surface area contributed by atoms with Crippen LogP contribution in [0.2, 0.25) is 0 Å². The fraction of sp³-hybridized carbons (Fsp3) is 0.286. The molecule has 1 heterocycles. The number of hydrogen-bond acceptors (Lipinski definition) is 3. The number of aromatic nitrogens is 1. The Morgan fingerprint density at radius 1 is 1.19 bits per heavy atom. The summed E-state index contributed by atoms with van der Waals surface area (Å²) in [6.07, 6.45) is 3.87. The van der Waals surface area contributed by atoms with Crippen LogP contribution in [0.25, 0.3) is 10.9 Å². The molecule has 0 radical (unpaired) electrons. The Balaban J connectivity index is 1.57. The van der Waals surface area contributed by atoms with Crippen molar-refractivity contribution in [3.05, 3.63) is 59.5 Å². The highest BCUT2D eigenvalue weighted by Gasteiger charge is 2.46. The number of ether oxygens (including phenoxy) is 2. The second-order valence-electron chi connectivity index (χ2n) is 6.89. The van der Waals surface area contributed by atoms with E-state index in [4.69, 9.17) is 9.47 Å². The van der Waals surface area contributed by atoms with E-state index in [2.05, 4.69) is 10.3 Å². The van der Waals surface area contributed by atoms with Crippen LogP contribution in [0.3, 0.4) is 0 Å². The minimum absolute atomic E-state index is 0.124. The van der Waals surface area contributed by atoms with E-state index in [1.165, 1.54) is 26.4 Å². The van der Waals surface area contributed by atoms with Crippen LogP contribution in [0.15, 0.2) is 42.6 Å². The van der Waals surface area contributed by atoms with Crippen molar-refractivity contribution >= 4 is 16.8 Å². The van der Waals surface area contributed by atoms with Gasteiger partial charge in [-0.3, -0.25) is 4.79 Å². The molecule has 6 heteroatoms. The van der Waals surface area contributed by atoms with Crippen LogP contribution < -0.4 is 14.8 Å². The number of carbonyl (C=O) groups excluding carboxylic acids is 1. The number of halogens is 1. The first kappa shape index (κ1) is 17.4. The number of methoxy groups -OCH3 is 2. The van der Waals surface area contributed by atoms with Gasteiger partial charge in [-0.25, -0.2) is 4.39 Å². The van der Waals surface area contributed by atoms with Crippen molar-refractivity contribution in [2.24, 2.45) is 0 Å². The van der Waals surface area contributed by atoms with Crippen molar-refractivity contribution in [2.45, 2.75) is 18.3 Å². The molecule has 2 N–H and O–H groups in total. The normalized spacial score (nSPS) is 14.8. The van der Waals surface area contributed by atoms with E-state index >= 15 is 0 Å². The highest BCUT2D eigenvalue weighted by Crippen LogP contribution is 2.50. The number of carbonyl (C=O) groups is 1. The molecular weight excluding hydrogens is 347 g/mol. The fourth-order valence-electron chi connectivity index (χ4n) is 3.64. The molecule has 3 aromatic rings. The summed E-state index contributed by atoms with van der Waals surface area (Å²) in [5.41, 5.74) is 2.15. The maximum atomic E-state index is 13.4. The summed E-state index contributed by atoms with van der Waals surface area (Å²) >= 11 is 0. The fourth-order valence-corrected chi connectivity index (χ4v) is 3.64. The van der Waals surface area contributed by atoms with Crippen molar-refractivity contribution in [1.82, 2.24) is 10.3 Å². The first-order valence-corrected chi connectivity index (χ1v) is 8.84. The predicted molar refractivity (Wildman–Crippen MR) is 101 cm³/mol. The molecule has 0 aliphatic heterocycles. The van der Waals surface area contributed by atoms with Crippen LogP contribution in [-0.2, 0) is 5.41 Å². The molecule has 0 unspecified atom stereocenters. The van der Waals surface area contributed by atoms with Gasteiger partial charge in [-0.15, -0.1) is 0 Å². The number of nitrogens with one attached hydrogen (secondary N) is 2. The number of aromatic amines is 1. The third-order valence-corrected chi connectivity index (χ3v) is 5.31. The standard InChI is InChI=1S/C21H21FN2O3/c1-26-17-4-3-5-18(27-2)19(17)20(25)24-12-21(8-9-21)15-11-23-16-10-13(22)6-7-14(15)16/h3-7,10-11,23H,8-9,12H2,1-2H3,(H,24,25). The van der Waals surface area contributed by atoms with E-state index in [0.717, 1.165) is 29.3 Å². The second-order valence-corrected chi connectivity index (χ2v) is 6.89. The predicted octanol–water partition coefficient (Wildman–Crippen LogP) is 3.79. The Kier molecular flexibility index (Phi) is 4.26. The maximum absolute atomic E-state index is 13.4. The van der Waals surface area contributed by atoms with E-state index in [9.17, 15) is 9.18 Å². The first-order chi connectivity index (χ1) is 13.1. The van der Waals surface area contributed by atoms with E-state index in [1.54, 1.807) is 24.3 Å². The molecule has 1 aliphatic rings. The largest absolute Gasteiger partial charge is 0.496 e. The van der Waals surface area contributed by atoms with Crippen LogP contribution in [0, 0.1) is 5.82 Å². The number of rotatable bonds is 6. The average molecular weight is 368 g/mol. The Hall–Kier alpha value is -3.02. The van der Waals surface area contributed by atoms with Gasteiger partial charge in [0.1, 0.15) is 22.9 Å². The molecule has 5 nitrogen and oxygen atoms in total. The van der Waals surface area contributed by atoms with Gasteiger partial charge in [-0.05, 0) is 48.7 Å². The van der Waals surface area contributed by atoms with E-state index < -0.39 is 0 Å². The summed E-state index contributed by atoms with van der Waals surface area (Å²) < 4.78 is 24.1. The van der Waals surface area contributed by atoms with Crippen molar-refractivity contribution < 1.29 is 18.7 Å². The van der Waals surface area contributed by atoms with E-state index in [-0.39, 0.29) is 17.1 Å². The van der Waals surface area contributed by atoms with Gasteiger partial charge in [0, 0.05) is 29.1 Å². The Morgan fingerprint density at radius 2 is 1.89 bits per heavy atom. The van der Waals surface area contributed by atoms with E-state index in [1.807, 2.05) is 6.20 Å². The summed E-state index contributed by atoms with van der Waals surface area (Å²) in [6.45, 7) is 0.497.